The van der Waals surface area contributed by atoms with E-state index in [4.69, 9.17) is 0 Å². The SMILES string of the molecule is Cc1cc2c(c(C(C)C)c1)CNCC2. The number of benzene rings is 1. The van der Waals surface area contributed by atoms with Gasteiger partial charge in [-0.15, -0.1) is 0 Å². The highest BCUT2D eigenvalue weighted by molar-refractivity contribution is 5.41. The van der Waals surface area contributed by atoms with Gasteiger partial charge in [0.1, 0.15) is 0 Å². The molecule has 1 aliphatic rings. The standard InChI is InChI=1S/C13H19N/c1-9(2)12-7-10(3)6-11-4-5-14-8-13(11)12/h6-7,9,14H,4-5,8H2,1-3H3. The third-order valence-corrected chi connectivity index (χ3v) is 3.02. The van der Waals surface area contributed by atoms with E-state index >= 15 is 0 Å². The molecule has 0 saturated carbocycles. The van der Waals surface area contributed by atoms with Crippen molar-refractivity contribution in [3.05, 3.63) is 34.4 Å². The minimum absolute atomic E-state index is 0.642. The monoisotopic (exact) mass is 189 g/mol. The summed E-state index contributed by atoms with van der Waals surface area (Å²) in [6, 6.07) is 4.69. The number of nitrogens with one attached hydrogen (secondary N) is 1. The number of hydrogen-bond acceptors (Lipinski definition) is 1. The van der Waals surface area contributed by atoms with E-state index in [9.17, 15) is 0 Å². The average Bonchev–Trinajstić information content (AvgIpc) is 2.16. The van der Waals surface area contributed by atoms with Crippen LogP contribution < -0.4 is 5.32 Å². The smallest absolute Gasteiger partial charge is 0.0211 e. The van der Waals surface area contributed by atoms with Crippen LogP contribution in [0.5, 0.6) is 0 Å². The molecule has 0 atom stereocenters. The lowest BCUT2D eigenvalue weighted by molar-refractivity contribution is 0.631. The van der Waals surface area contributed by atoms with Gasteiger partial charge in [0.15, 0.2) is 0 Å². The molecule has 0 aromatic heterocycles. The van der Waals surface area contributed by atoms with Gasteiger partial charge in [-0.25, -0.2) is 0 Å². The molecule has 0 radical (unpaired) electrons. The van der Waals surface area contributed by atoms with Gasteiger partial charge in [-0.1, -0.05) is 31.5 Å². The lowest BCUT2D eigenvalue weighted by Gasteiger charge is -2.23. The van der Waals surface area contributed by atoms with Crippen molar-refractivity contribution in [3.8, 4) is 0 Å². The first-order valence-electron chi connectivity index (χ1n) is 5.51. The summed E-state index contributed by atoms with van der Waals surface area (Å²) in [5, 5.41) is 3.46. The number of rotatable bonds is 1. The zero-order chi connectivity index (χ0) is 10.1. The van der Waals surface area contributed by atoms with Crippen molar-refractivity contribution >= 4 is 0 Å². The Bertz CT molecular complexity index is 339. The van der Waals surface area contributed by atoms with Gasteiger partial charge >= 0.3 is 0 Å². The van der Waals surface area contributed by atoms with Gasteiger partial charge in [-0.2, -0.15) is 0 Å². The van der Waals surface area contributed by atoms with Crippen molar-refractivity contribution in [1.82, 2.24) is 5.32 Å². The van der Waals surface area contributed by atoms with Crippen LogP contribution in [-0.4, -0.2) is 6.54 Å². The van der Waals surface area contributed by atoms with E-state index in [1.807, 2.05) is 0 Å². The topological polar surface area (TPSA) is 12.0 Å². The van der Waals surface area contributed by atoms with E-state index < -0.39 is 0 Å². The molecule has 0 spiro atoms. The van der Waals surface area contributed by atoms with E-state index in [-0.39, 0.29) is 0 Å². The maximum atomic E-state index is 3.46. The second-order valence-corrected chi connectivity index (χ2v) is 4.57. The number of aryl methyl sites for hydroxylation is 1. The van der Waals surface area contributed by atoms with Gasteiger partial charge < -0.3 is 5.32 Å². The van der Waals surface area contributed by atoms with Gasteiger partial charge in [0.25, 0.3) is 0 Å². The number of hydrogen-bond donors (Lipinski definition) is 1. The lowest BCUT2D eigenvalue weighted by atomic mass is 9.88. The van der Waals surface area contributed by atoms with Gasteiger partial charge in [-0.3, -0.25) is 0 Å². The average molecular weight is 189 g/mol. The fraction of sp³-hybridized carbons (Fsp3) is 0.538. The van der Waals surface area contributed by atoms with Crippen molar-refractivity contribution in [3.63, 3.8) is 0 Å². The van der Waals surface area contributed by atoms with Crippen molar-refractivity contribution in [2.75, 3.05) is 6.54 Å². The first-order valence-corrected chi connectivity index (χ1v) is 5.51. The summed E-state index contributed by atoms with van der Waals surface area (Å²) in [7, 11) is 0. The molecule has 76 valence electrons. The summed E-state index contributed by atoms with van der Waals surface area (Å²) < 4.78 is 0. The Morgan fingerprint density at radius 1 is 1.29 bits per heavy atom. The Kier molecular flexibility index (Phi) is 2.60. The molecule has 1 heterocycles. The lowest BCUT2D eigenvalue weighted by Crippen LogP contribution is -2.25. The van der Waals surface area contributed by atoms with Crippen molar-refractivity contribution in [1.29, 1.82) is 0 Å². The summed E-state index contributed by atoms with van der Waals surface area (Å²) >= 11 is 0. The fourth-order valence-corrected chi connectivity index (χ4v) is 2.31. The zero-order valence-electron chi connectivity index (χ0n) is 9.35. The Morgan fingerprint density at radius 3 is 2.79 bits per heavy atom. The minimum atomic E-state index is 0.642. The predicted octanol–water partition coefficient (Wildman–Crippen LogP) is 2.76. The molecule has 1 aromatic carbocycles. The first kappa shape index (κ1) is 9.72. The molecule has 1 heteroatoms. The van der Waals surface area contributed by atoms with E-state index in [1.54, 1.807) is 11.1 Å². The Balaban J connectivity index is 2.52. The van der Waals surface area contributed by atoms with Gasteiger partial charge in [0.2, 0.25) is 0 Å². The Morgan fingerprint density at radius 2 is 2.07 bits per heavy atom. The molecule has 1 nitrogen and oxygen atoms in total. The third-order valence-electron chi connectivity index (χ3n) is 3.02. The second-order valence-electron chi connectivity index (χ2n) is 4.57. The molecule has 0 unspecified atom stereocenters. The predicted molar refractivity (Wildman–Crippen MR) is 60.7 cm³/mol. The maximum Gasteiger partial charge on any atom is 0.0211 e. The van der Waals surface area contributed by atoms with E-state index in [1.165, 1.54) is 17.5 Å². The third kappa shape index (κ3) is 1.69. The highest BCUT2D eigenvalue weighted by Gasteiger charge is 2.14. The van der Waals surface area contributed by atoms with Crippen LogP contribution in [0.15, 0.2) is 12.1 Å². The Labute approximate surface area is 86.5 Å². The summed E-state index contributed by atoms with van der Waals surface area (Å²) in [6.45, 7) is 8.96. The molecule has 0 saturated heterocycles. The molecule has 1 aromatic rings. The van der Waals surface area contributed by atoms with Crippen LogP contribution in [0.1, 0.15) is 42.0 Å². The van der Waals surface area contributed by atoms with Gasteiger partial charge in [0, 0.05) is 6.54 Å². The fourth-order valence-electron chi connectivity index (χ4n) is 2.31. The summed E-state index contributed by atoms with van der Waals surface area (Å²) in [5.41, 5.74) is 6.06. The van der Waals surface area contributed by atoms with Crippen molar-refractivity contribution in [2.45, 2.75) is 39.7 Å². The molecule has 14 heavy (non-hydrogen) atoms. The summed E-state index contributed by atoms with van der Waals surface area (Å²) in [4.78, 5) is 0. The Hall–Kier alpha value is -0.820. The molecule has 0 amide bonds. The van der Waals surface area contributed by atoms with Crippen molar-refractivity contribution < 1.29 is 0 Å². The molecule has 0 aliphatic carbocycles. The van der Waals surface area contributed by atoms with Gasteiger partial charge in [-0.05, 0) is 42.5 Å². The molecule has 2 rings (SSSR count). The molecule has 0 fully saturated rings. The maximum absolute atomic E-state index is 3.46. The highest BCUT2D eigenvalue weighted by Crippen LogP contribution is 2.26. The van der Waals surface area contributed by atoms with E-state index in [2.05, 4.69) is 38.2 Å². The van der Waals surface area contributed by atoms with Crippen molar-refractivity contribution in [2.24, 2.45) is 0 Å². The second kappa shape index (κ2) is 3.74. The van der Waals surface area contributed by atoms with E-state index in [0.29, 0.717) is 5.92 Å². The quantitative estimate of drug-likeness (QED) is 0.716. The van der Waals surface area contributed by atoms with Crippen LogP contribution in [-0.2, 0) is 13.0 Å². The summed E-state index contributed by atoms with van der Waals surface area (Å²) in [6.07, 6.45) is 1.19. The molecule has 0 bridgehead atoms. The highest BCUT2D eigenvalue weighted by atomic mass is 14.9. The zero-order valence-corrected chi connectivity index (χ0v) is 9.35. The molecule has 1 N–H and O–H groups in total. The molecular weight excluding hydrogens is 170 g/mol. The van der Waals surface area contributed by atoms with Crippen LogP contribution in [0, 0.1) is 6.92 Å². The largest absolute Gasteiger partial charge is 0.312 e. The van der Waals surface area contributed by atoms with Crippen LogP contribution in [0.25, 0.3) is 0 Å². The van der Waals surface area contributed by atoms with E-state index in [0.717, 1.165) is 13.1 Å². The van der Waals surface area contributed by atoms with Gasteiger partial charge in [0.05, 0.1) is 0 Å². The normalized spacial score (nSPS) is 15.7. The number of fused-ring (bicyclic) bond motifs is 1. The summed E-state index contributed by atoms with van der Waals surface area (Å²) in [5.74, 6) is 0.642. The molecular formula is C13H19N. The minimum Gasteiger partial charge on any atom is -0.312 e. The van der Waals surface area contributed by atoms with Crippen LogP contribution >= 0.6 is 0 Å². The molecule has 1 aliphatic heterocycles. The van der Waals surface area contributed by atoms with Crippen LogP contribution in [0.2, 0.25) is 0 Å². The first-order chi connectivity index (χ1) is 6.68. The van der Waals surface area contributed by atoms with Crippen LogP contribution in [0.3, 0.4) is 0 Å². The van der Waals surface area contributed by atoms with Crippen LogP contribution in [0.4, 0.5) is 0 Å².